The molecule has 0 N–H and O–H groups in total. The smallest absolute Gasteiger partial charge is 0.227 e. The Morgan fingerprint density at radius 2 is 1.71 bits per heavy atom. The summed E-state index contributed by atoms with van der Waals surface area (Å²) in [5.74, 6) is 0.226. The first-order valence-electron chi connectivity index (χ1n) is 9.87. The molecule has 28 heavy (non-hydrogen) atoms. The third-order valence-corrected chi connectivity index (χ3v) is 6.63. The third-order valence-electron chi connectivity index (χ3n) is 5.57. The Kier molecular flexibility index (Phi) is 5.11. The number of carbonyl (C=O) groups excluding carboxylic acids is 1. The maximum absolute atomic E-state index is 12.8. The molecular formula is C23H27N3OS. The summed E-state index contributed by atoms with van der Waals surface area (Å²) in [6.45, 7) is 11.6. The van der Waals surface area contributed by atoms with Crippen molar-refractivity contribution in [2.24, 2.45) is 0 Å². The third kappa shape index (κ3) is 3.76. The lowest BCUT2D eigenvalue weighted by molar-refractivity contribution is -0.130. The van der Waals surface area contributed by atoms with Crippen LogP contribution >= 0.6 is 11.3 Å². The van der Waals surface area contributed by atoms with Gasteiger partial charge in [-0.3, -0.25) is 4.79 Å². The van der Waals surface area contributed by atoms with Crippen molar-refractivity contribution in [3.8, 4) is 0 Å². The van der Waals surface area contributed by atoms with Crippen LogP contribution in [0.1, 0.15) is 27.8 Å². The zero-order valence-corrected chi connectivity index (χ0v) is 17.9. The highest BCUT2D eigenvalue weighted by molar-refractivity contribution is 7.22. The van der Waals surface area contributed by atoms with E-state index >= 15 is 0 Å². The van der Waals surface area contributed by atoms with Crippen molar-refractivity contribution in [3.63, 3.8) is 0 Å². The summed E-state index contributed by atoms with van der Waals surface area (Å²) >= 11 is 1.76. The number of anilines is 1. The van der Waals surface area contributed by atoms with Crippen LogP contribution in [-0.2, 0) is 11.2 Å². The molecule has 0 radical (unpaired) electrons. The van der Waals surface area contributed by atoms with Crippen molar-refractivity contribution in [3.05, 3.63) is 58.1 Å². The van der Waals surface area contributed by atoms with Crippen LogP contribution in [0.25, 0.3) is 10.2 Å². The molecule has 146 valence electrons. The van der Waals surface area contributed by atoms with E-state index in [1.54, 1.807) is 11.3 Å². The number of aromatic nitrogens is 1. The highest BCUT2D eigenvalue weighted by Crippen LogP contribution is 2.32. The number of hydrogen-bond acceptors (Lipinski definition) is 4. The zero-order chi connectivity index (χ0) is 19.8. The van der Waals surface area contributed by atoms with Crippen LogP contribution in [0, 0.1) is 27.7 Å². The average Bonchev–Trinajstić information content (AvgIpc) is 3.09. The van der Waals surface area contributed by atoms with Gasteiger partial charge < -0.3 is 9.80 Å². The second-order valence-corrected chi connectivity index (χ2v) is 8.91. The predicted octanol–water partition coefficient (Wildman–Crippen LogP) is 4.42. The number of amides is 1. The lowest BCUT2D eigenvalue weighted by atomic mass is 10.0. The quantitative estimate of drug-likeness (QED) is 0.661. The standard InChI is InChI=1S/C23H27N3OS/c1-15-5-6-17(3)19(12-15)14-21(27)25-7-9-26(10-8-25)23-24-22-18(4)11-16(2)13-20(22)28-23/h5-6,11-13H,7-10,14H2,1-4H3. The molecule has 3 aromatic rings. The fraction of sp³-hybridized carbons (Fsp3) is 0.391. The molecule has 1 amide bonds. The SMILES string of the molecule is Cc1ccc(C)c(CC(=O)N2CCN(c3nc4c(C)cc(C)cc4s3)CC2)c1. The molecule has 0 saturated carbocycles. The summed E-state index contributed by atoms with van der Waals surface area (Å²) in [4.78, 5) is 22.0. The number of hydrogen-bond donors (Lipinski definition) is 0. The molecule has 1 aromatic heterocycles. The maximum Gasteiger partial charge on any atom is 0.227 e. The number of aryl methyl sites for hydroxylation is 4. The number of benzene rings is 2. The van der Waals surface area contributed by atoms with E-state index in [4.69, 9.17) is 4.98 Å². The number of fused-ring (bicyclic) bond motifs is 1. The molecule has 1 saturated heterocycles. The zero-order valence-electron chi connectivity index (χ0n) is 17.1. The molecule has 0 bridgehead atoms. The van der Waals surface area contributed by atoms with E-state index < -0.39 is 0 Å². The van der Waals surface area contributed by atoms with Crippen LogP contribution in [0.3, 0.4) is 0 Å². The lowest BCUT2D eigenvalue weighted by Crippen LogP contribution is -2.49. The molecule has 4 nitrogen and oxygen atoms in total. The van der Waals surface area contributed by atoms with Crippen LogP contribution < -0.4 is 4.90 Å². The van der Waals surface area contributed by atoms with Gasteiger partial charge in [-0.2, -0.15) is 0 Å². The Hall–Kier alpha value is -2.40. The van der Waals surface area contributed by atoms with E-state index in [-0.39, 0.29) is 5.91 Å². The normalized spacial score (nSPS) is 14.7. The molecule has 0 aliphatic carbocycles. The predicted molar refractivity (Wildman–Crippen MR) is 118 cm³/mol. The summed E-state index contributed by atoms with van der Waals surface area (Å²) < 4.78 is 1.25. The first kappa shape index (κ1) is 18.9. The van der Waals surface area contributed by atoms with Crippen LogP contribution in [0.15, 0.2) is 30.3 Å². The van der Waals surface area contributed by atoms with Gasteiger partial charge in [0.05, 0.1) is 16.6 Å². The molecule has 2 heterocycles. The highest BCUT2D eigenvalue weighted by Gasteiger charge is 2.23. The maximum atomic E-state index is 12.8. The van der Waals surface area contributed by atoms with Crippen molar-refractivity contribution in [2.45, 2.75) is 34.1 Å². The number of thiazole rings is 1. The van der Waals surface area contributed by atoms with Crippen LogP contribution in [0.2, 0.25) is 0 Å². The first-order valence-corrected chi connectivity index (χ1v) is 10.7. The van der Waals surface area contributed by atoms with E-state index in [0.717, 1.165) is 42.4 Å². The van der Waals surface area contributed by atoms with Gasteiger partial charge in [0, 0.05) is 26.2 Å². The van der Waals surface area contributed by atoms with Crippen molar-refractivity contribution < 1.29 is 4.79 Å². The van der Waals surface area contributed by atoms with E-state index in [1.165, 1.54) is 27.0 Å². The van der Waals surface area contributed by atoms with Gasteiger partial charge in [0.15, 0.2) is 5.13 Å². The lowest BCUT2D eigenvalue weighted by Gasteiger charge is -2.34. The fourth-order valence-corrected chi connectivity index (χ4v) is 5.10. The Bertz CT molecular complexity index is 1030. The van der Waals surface area contributed by atoms with Crippen molar-refractivity contribution in [1.82, 2.24) is 9.88 Å². The van der Waals surface area contributed by atoms with Crippen molar-refractivity contribution >= 4 is 32.6 Å². The molecule has 0 atom stereocenters. The van der Waals surface area contributed by atoms with Gasteiger partial charge in [-0.15, -0.1) is 0 Å². The van der Waals surface area contributed by atoms with Gasteiger partial charge in [0.2, 0.25) is 5.91 Å². The average molecular weight is 394 g/mol. The minimum absolute atomic E-state index is 0.226. The van der Waals surface area contributed by atoms with Gasteiger partial charge in [-0.1, -0.05) is 41.2 Å². The summed E-state index contributed by atoms with van der Waals surface area (Å²) in [6.07, 6.45) is 0.493. The Balaban J connectivity index is 1.42. The van der Waals surface area contributed by atoms with Crippen molar-refractivity contribution in [1.29, 1.82) is 0 Å². The minimum Gasteiger partial charge on any atom is -0.345 e. The molecule has 0 spiro atoms. The van der Waals surface area contributed by atoms with Gasteiger partial charge in [0.1, 0.15) is 0 Å². The van der Waals surface area contributed by atoms with Gasteiger partial charge in [0.25, 0.3) is 0 Å². The fourth-order valence-electron chi connectivity index (χ4n) is 3.91. The second kappa shape index (κ2) is 7.55. The molecule has 4 rings (SSSR count). The van der Waals surface area contributed by atoms with Crippen LogP contribution in [0.4, 0.5) is 5.13 Å². The summed E-state index contributed by atoms with van der Waals surface area (Å²) in [6, 6.07) is 10.7. The monoisotopic (exact) mass is 393 g/mol. The molecule has 1 fully saturated rings. The molecular weight excluding hydrogens is 366 g/mol. The van der Waals surface area contributed by atoms with Crippen LogP contribution in [-0.4, -0.2) is 42.0 Å². The Morgan fingerprint density at radius 1 is 0.964 bits per heavy atom. The van der Waals surface area contributed by atoms with E-state index in [2.05, 4.69) is 62.9 Å². The van der Waals surface area contributed by atoms with Gasteiger partial charge in [-0.05, 0) is 56.0 Å². The molecule has 5 heteroatoms. The van der Waals surface area contributed by atoms with E-state index in [1.807, 2.05) is 4.90 Å². The summed E-state index contributed by atoms with van der Waals surface area (Å²) in [7, 11) is 0. The summed E-state index contributed by atoms with van der Waals surface area (Å²) in [5.41, 5.74) is 7.17. The minimum atomic E-state index is 0.226. The van der Waals surface area contributed by atoms with E-state index in [0.29, 0.717) is 6.42 Å². The van der Waals surface area contributed by atoms with E-state index in [9.17, 15) is 4.79 Å². The van der Waals surface area contributed by atoms with Gasteiger partial charge in [-0.25, -0.2) is 4.98 Å². The molecule has 1 aliphatic rings. The Labute approximate surface area is 170 Å². The Morgan fingerprint density at radius 3 is 2.46 bits per heavy atom. The first-order chi connectivity index (χ1) is 13.4. The number of nitrogens with zero attached hydrogens (tertiary/aromatic N) is 3. The molecule has 1 aliphatic heterocycles. The number of rotatable bonds is 3. The molecule has 2 aromatic carbocycles. The highest BCUT2D eigenvalue weighted by atomic mass is 32.1. The van der Waals surface area contributed by atoms with Crippen LogP contribution in [0.5, 0.6) is 0 Å². The number of carbonyl (C=O) groups is 1. The van der Waals surface area contributed by atoms with Crippen molar-refractivity contribution in [2.75, 3.05) is 31.1 Å². The number of piperazine rings is 1. The topological polar surface area (TPSA) is 36.4 Å². The summed E-state index contributed by atoms with van der Waals surface area (Å²) in [5, 5.41) is 1.07. The largest absolute Gasteiger partial charge is 0.345 e. The second-order valence-electron chi connectivity index (χ2n) is 7.90. The van der Waals surface area contributed by atoms with Gasteiger partial charge >= 0.3 is 0 Å². The molecule has 0 unspecified atom stereocenters.